The molecular weight excluding hydrogens is 873 g/mol. The molecule has 6 aromatic carbocycles. The second-order valence-corrected chi connectivity index (χ2v) is 16.3. The summed E-state index contributed by atoms with van der Waals surface area (Å²) in [5.41, 5.74) is 4.25. The fourth-order valence-electron chi connectivity index (χ4n) is 7.86. The number of benzene rings is 6. The molecule has 1 aliphatic heterocycles. The molecule has 13 heteroatoms. The van der Waals surface area contributed by atoms with Gasteiger partial charge in [-0.3, -0.25) is 0 Å². The van der Waals surface area contributed by atoms with Crippen LogP contribution in [0.15, 0.2) is 182 Å². The maximum Gasteiger partial charge on any atom is 0.408 e. The molecular formula is C55H57F2NO10. The average Bonchev–Trinajstić information content (AvgIpc) is 3.37. The summed E-state index contributed by atoms with van der Waals surface area (Å²) in [6.45, 7) is 0.480. The smallest absolute Gasteiger partial charge is 0.408 e. The highest BCUT2D eigenvalue weighted by molar-refractivity contribution is 5.81. The van der Waals surface area contributed by atoms with E-state index in [4.69, 9.17) is 37.9 Å². The van der Waals surface area contributed by atoms with Crippen molar-refractivity contribution < 1.29 is 56.3 Å². The van der Waals surface area contributed by atoms with Gasteiger partial charge in [-0.25, -0.2) is 18.4 Å². The first-order valence-corrected chi connectivity index (χ1v) is 22.7. The molecule has 11 nitrogen and oxygen atoms in total. The third kappa shape index (κ3) is 13.9. The fourth-order valence-corrected chi connectivity index (χ4v) is 7.86. The van der Waals surface area contributed by atoms with Crippen LogP contribution in [0.1, 0.15) is 46.7 Å². The quantitative estimate of drug-likeness (QED) is 0.0588. The zero-order valence-electron chi connectivity index (χ0n) is 37.9. The standard InChI is InChI=1S/C55H57F2NO10/c1-2-62-52(59)47(58-53(60)66-38-45-29-17-7-18-30-45)33-54(56,57)55(67-39-46-31-19-8-20-32-46)51(65-37-44-27-15-6-16-28-44)50(64-36-43-25-13-5-14-26-43)49(63-35-42-23-11-4-12-24-42)48(68-55)40-61-34-41-21-9-3-10-22-41/h3-32,47-51H,2,33-40H2,1H3,(H,58,60)/t47?,48-,49+,50+,51-,55-/m1/s1. The predicted octanol–water partition coefficient (Wildman–Crippen LogP) is 10.2. The van der Waals surface area contributed by atoms with Crippen molar-refractivity contribution in [3.8, 4) is 0 Å². The Balaban J connectivity index is 1.34. The van der Waals surface area contributed by atoms with Crippen LogP contribution < -0.4 is 5.32 Å². The minimum absolute atomic E-state index is 0.0416. The van der Waals surface area contributed by atoms with E-state index in [0.29, 0.717) is 16.7 Å². The van der Waals surface area contributed by atoms with Crippen molar-refractivity contribution in [3.05, 3.63) is 215 Å². The minimum atomic E-state index is -4.19. The van der Waals surface area contributed by atoms with Gasteiger partial charge in [-0.15, -0.1) is 0 Å². The molecule has 0 aliphatic carbocycles. The van der Waals surface area contributed by atoms with Crippen LogP contribution in [0.5, 0.6) is 0 Å². The van der Waals surface area contributed by atoms with Crippen LogP contribution in [0.4, 0.5) is 13.6 Å². The van der Waals surface area contributed by atoms with Crippen molar-refractivity contribution in [2.24, 2.45) is 0 Å². The number of alkyl carbamates (subject to hydrolysis) is 1. The zero-order valence-corrected chi connectivity index (χ0v) is 37.9. The molecule has 1 heterocycles. The Morgan fingerprint density at radius 2 is 0.971 bits per heavy atom. The summed E-state index contributed by atoms with van der Waals surface area (Å²) >= 11 is 0. The largest absolute Gasteiger partial charge is 0.464 e. The Labute approximate surface area is 396 Å². The van der Waals surface area contributed by atoms with Gasteiger partial charge in [0.05, 0.1) is 46.2 Å². The van der Waals surface area contributed by atoms with E-state index in [0.717, 1.165) is 16.7 Å². The fraction of sp³-hybridized carbons (Fsp3) is 0.309. The van der Waals surface area contributed by atoms with Crippen molar-refractivity contribution in [1.82, 2.24) is 5.32 Å². The summed E-state index contributed by atoms with van der Waals surface area (Å²) < 4.78 is 87.9. The highest BCUT2D eigenvalue weighted by atomic mass is 19.3. The average molecular weight is 930 g/mol. The Kier molecular flexibility index (Phi) is 18.3. The lowest BCUT2D eigenvalue weighted by Crippen LogP contribution is -2.74. The first-order valence-electron chi connectivity index (χ1n) is 22.7. The number of esters is 1. The Morgan fingerprint density at radius 3 is 1.44 bits per heavy atom. The van der Waals surface area contributed by atoms with E-state index in [2.05, 4.69) is 5.32 Å². The van der Waals surface area contributed by atoms with Gasteiger partial charge in [-0.2, -0.15) is 0 Å². The number of amides is 1. The summed E-state index contributed by atoms with van der Waals surface area (Å²) in [6.07, 6.45) is -8.01. The first-order chi connectivity index (χ1) is 33.2. The summed E-state index contributed by atoms with van der Waals surface area (Å²) in [6, 6.07) is 52.8. The predicted molar refractivity (Wildman–Crippen MR) is 250 cm³/mol. The van der Waals surface area contributed by atoms with Crippen molar-refractivity contribution in [3.63, 3.8) is 0 Å². The molecule has 0 saturated carbocycles. The second-order valence-electron chi connectivity index (χ2n) is 16.3. The van der Waals surface area contributed by atoms with E-state index in [1.165, 1.54) is 6.92 Å². The van der Waals surface area contributed by atoms with Crippen LogP contribution in [-0.2, 0) is 82.3 Å². The van der Waals surface area contributed by atoms with Gasteiger partial charge in [0, 0.05) is 6.42 Å². The van der Waals surface area contributed by atoms with Gasteiger partial charge < -0.3 is 43.2 Å². The van der Waals surface area contributed by atoms with Crippen LogP contribution in [0.2, 0.25) is 0 Å². The molecule has 1 aliphatic rings. The van der Waals surface area contributed by atoms with Gasteiger partial charge in [-0.1, -0.05) is 182 Å². The molecule has 0 aromatic heterocycles. The third-order valence-electron chi connectivity index (χ3n) is 11.3. The van der Waals surface area contributed by atoms with Gasteiger partial charge in [0.25, 0.3) is 5.79 Å². The third-order valence-corrected chi connectivity index (χ3v) is 11.3. The Morgan fingerprint density at radius 1 is 0.559 bits per heavy atom. The molecule has 6 aromatic rings. The maximum absolute atomic E-state index is 18.6. The molecule has 1 amide bonds. The molecule has 0 bridgehead atoms. The second kappa shape index (κ2) is 25.2. The van der Waals surface area contributed by atoms with Crippen molar-refractivity contribution in [1.29, 1.82) is 0 Å². The number of carbonyl (C=O) groups excluding carboxylic acids is 2. The number of alkyl halides is 2. The summed E-state index contributed by atoms with van der Waals surface area (Å²) in [7, 11) is 0. The minimum Gasteiger partial charge on any atom is -0.464 e. The number of hydrogen-bond donors (Lipinski definition) is 1. The van der Waals surface area contributed by atoms with Gasteiger partial charge in [0.2, 0.25) is 0 Å². The monoisotopic (exact) mass is 929 g/mol. The number of halogens is 2. The van der Waals surface area contributed by atoms with E-state index >= 15 is 8.78 Å². The van der Waals surface area contributed by atoms with Crippen LogP contribution in [0.25, 0.3) is 0 Å². The van der Waals surface area contributed by atoms with E-state index in [1.807, 2.05) is 109 Å². The normalized spacial score (nSPS) is 19.7. The maximum atomic E-state index is 18.6. The number of nitrogens with one attached hydrogen (secondary N) is 1. The van der Waals surface area contributed by atoms with Gasteiger partial charge in [0.1, 0.15) is 37.1 Å². The van der Waals surface area contributed by atoms with Crippen molar-refractivity contribution in [2.45, 2.75) is 95.2 Å². The Hall–Kier alpha value is -6.32. The lowest BCUT2D eigenvalue weighted by molar-refractivity contribution is -0.440. The SMILES string of the molecule is CCOC(=O)C(CC(F)(F)[C@]1(OCc2ccccc2)O[C@H](COCc2ccccc2)[C@H](OCc2ccccc2)[C@H](OCc2ccccc2)[C@H]1OCc1ccccc1)NC(=O)OCc1ccccc1. The lowest BCUT2D eigenvalue weighted by atomic mass is 9.85. The highest BCUT2D eigenvalue weighted by Gasteiger charge is 2.70. The molecule has 1 saturated heterocycles. The summed E-state index contributed by atoms with van der Waals surface area (Å²) in [4.78, 5) is 27.1. The highest BCUT2D eigenvalue weighted by Crippen LogP contribution is 2.49. The van der Waals surface area contributed by atoms with Gasteiger partial charge >= 0.3 is 18.0 Å². The molecule has 0 spiro atoms. The Bertz CT molecular complexity index is 2390. The molecule has 1 unspecified atom stereocenters. The van der Waals surface area contributed by atoms with E-state index in [9.17, 15) is 9.59 Å². The molecule has 1 N–H and O–H groups in total. The van der Waals surface area contributed by atoms with Crippen LogP contribution in [0, 0.1) is 0 Å². The first kappa shape index (κ1) is 49.6. The lowest BCUT2D eigenvalue weighted by Gasteiger charge is -2.54. The van der Waals surface area contributed by atoms with Crippen molar-refractivity contribution >= 4 is 12.1 Å². The molecule has 0 radical (unpaired) electrons. The zero-order chi connectivity index (χ0) is 47.4. The molecule has 6 atom stereocenters. The molecule has 1 fully saturated rings. The molecule has 68 heavy (non-hydrogen) atoms. The van der Waals surface area contributed by atoms with Gasteiger partial charge in [-0.05, 0) is 40.3 Å². The van der Waals surface area contributed by atoms with E-state index in [1.54, 1.807) is 72.8 Å². The number of rotatable bonds is 24. The number of carbonyl (C=O) groups is 2. The van der Waals surface area contributed by atoms with Crippen LogP contribution >= 0.6 is 0 Å². The van der Waals surface area contributed by atoms with Gasteiger partial charge in [0.15, 0.2) is 0 Å². The van der Waals surface area contributed by atoms with E-state index < -0.39 is 67.3 Å². The van der Waals surface area contributed by atoms with Crippen LogP contribution in [0.3, 0.4) is 0 Å². The summed E-state index contributed by atoms with van der Waals surface area (Å²) in [5.74, 6) is -8.38. The summed E-state index contributed by atoms with van der Waals surface area (Å²) in [5, 5.41) is 2.35. The molecule has 7 rings (SSSR count). The topological polar surface area (TPSA) is 120 Å². The van der Waals surface area contributed by atoms with Crippen LogP contribution in [-0.4, -0.2) is 67.4 Å². The molecule has 356 valence electrons. The number of hydrogen-bond acceptors (Lipinski definition) is 10. The number of ether oxygens (including phenoxy) is 8. The van der Waals surface area contributed by atoms with Crippen molar-refractivity contribution in [2.75, 3.05) is 13.2 Å². The van der Waals surface area contributed by atoms with E-state index in [-0.39, 0.29) is 46.2 Å².